The largest absolute Gasteiger partial charge is 0.378 e. The van der Waals surface area contributed by atoms with Gasteiger partial charge in [-0.25, -0.2) is 4.98 Å². The highest BCUT2D eigenvalue weighted by molar-refractivity contribution is 6.30. The number of amidine groups is 1. The van der Waals surface area contributed by atoms with Gasteiger partial charge in [-0.1, -0.05) is 49.4 Å². The molecule has 9 heteroatoms. The number of anilines is 2. The van der Waals surface area contributed by atoms with Crippen LogP contribution in [0.4, 0.5) is 11.5 Å². The van der Waals surface area contributed by atoms with E-state index < -0.39 is 0 Å². The van der Waals surface area contributed by atoms with Crippen LogP contribution in [0, 0.1) is 5.41 Å². The minimum atomic E-state index is -0.340. The number of nitrogens with zero attached hydrogens (tertiary/aromatic N) is 3. The van der Waals surface area contributed by atoms with Crippen LogP contribution >= 0.6 is 11.6 Å². The monoisotopic (exact) mass is 561 g/mol. The average Bonchev–Trinajstić information content (AvgIpc) is 2.99. The van der Waals surface area contributed by atoms with E-state index in [1.54, 1.807) is 24.3 Å². The van der Waals surface area contributed by atoms with Gasteiger partial charge in [-0.2, -0.15) is 0 Å². The maximum atomic E-state index is 13.4. The fourth-order valence-corrected chi connectivity index (χ4v) is 5.08. The van der Waals surface area contributed by atoms with Crippen LogP contribution in [0.1, 0.15) is 58.5 Å². The highest BCUT2D eigenvalue weighted by Crippen LogP contribution is 2.24. The molecule has 0 saturated carbocycles. The number of likely N-dealkylation sites (tertiary alicyclic amines) is 1. The van der Waals surface area contributed by atoms with Crippen LogP contribution in [0.15, 0.2) is 60.8 Å². The van der Waals surface area contributed by atoms with Crippen molar-refractivity contribution < 1.29 is 14.3 Å². The third-order valence-electron chi connectivity index (χ3n) is 7.19. The summed E-state index contributed by atoms with van der Waals surface area (Å²) in [4.78, 5) is 35.1. The number of ketones is 1. The van der Waals surface area contributed by atoms with Gasteiger partial charge in [0.1, 0.15) is 11.7 Å². The van der Waals surface area contributed by atoms with E-state index in [0.717, 1.165) is 50.3 Å². The number of hydrogen-bond acceptors (Lipinski definition) is 6. The van der Waals surface area contributed by atoms with Gasteiger partial charge < -0.3 is 19.9 Å². The number of hydrogen-bond donors (Lipinski definition) is 2. The van der Waals surface area contributed by atoms with Crippen molar-refractivity contribution in [1.29, 1.82) is 5.41 Å². The molecule has 8 nitrogen and oxygen atoms in total. The van der Waals surface area contributed by atoms with Crippen molar-refractivity contribution in [2.24, 2.45) is 0 Å². The second-order valence-electron chi connectivity index (χ2n) is 9.83. The zero-order valence-electron chi connectivity index (χ0n) is 21.8. The van der Waals surface area contributed by atoms with Gasteiger partial charge in [-0.3, -0.25) is 15.0 Å². The molecule has 2 N–H and O–H groups in total. The highest BCUT2D eigenvalue weighted by atomic mass is 35.5. The van der Waals surface area contributed by atoms with E-state index in [2.05, 4.69) is 20.1 Å². The average molecular weight is 562 g/mol. The van der Waals surface area contributed by atoms with Gasteiger partial charge in [0.05, 0.1) is 18.2 Å². The number of halogens is 1. The molecule has 40 heavy (non-hydrogen) atoms. The first kappa shape index (κ1) is 29.2. The molecule has 5 rings (SSSR count). The molecule has 0 spiro atoms. The van der Waals surface area contributed by atoms with E-state index in [0.29, 0.717) is 46.6 Å². The van der Waals surface area contributed by atoms with Crippen molar-refractivity contribution in [2.45, 2.75) is 33.1 Å². The summed E-state index contributed by atoms with van der Waals surface area (Å²) in [5.74, 6) is 0.448. The number of ether oxygens (including phenoxy) is 1. The second-order valence-corrected chi connectivity index (χ2v) is 10.3. The predicted octanol–water partition coefficient (Wildman–Crippen LogP) is 5.70. The van der Waals surface area contributed by atoms with Crippen molar-refractivity contribution in [3.05, 3.63) is 88.1 Å². The third kappa shape index (κ3) is 7.06. The summed E-state index contributed by atoms with van der Waals surface area (Å²) in [6, 6.07) is 16.2. The summed E-state index contributed by atoms with van der Waals surface area (Å²) < 4.78 is 5.47. The smallest absolute Gasteiger partial charge is 0.257 e. The first-order valence-electron chi connectivity index (χ1n) is 13.3. The van der Waals surface area contributed by atoms with E-state index in [-0.39, 0.29) is 25.5 Å². The first-order chi connectivity index (χ1) is 19.0. The SMILES string of the molecule is C.N=C(c1ccc(C(=O)Cc2ccc(N3CCOCC3)cc2C(=O)Nc2ccc(Cl)cn2)cc1)N1CCCCC1. The third-order valence-corrected chi connectivity index (χ3v) is 7.41. The number of benzene rings is 2. The number of carbonyl (C=O) groups excluding carboxylic acids is 2. The van der Waals surface area contributed by atoms with Crippen LogP contribution in [-0.4, -0.2) is 66.8 Å². The minimum Gasteiger partial charge on any atom is -0.378 e. The van der Waals surface area contributed by atoms with Gasteiger partial charge in [-0.15, -0.1) is 0 Å². The lowest BCUT2D eigenvalue weighted by Gasteiger charge is -2.29. The number of aromatic nitrogens is 1. The van der Waals surface area contributed by atoms with Crippen LogP contribution in [0.3, 0.4) is 0 Å². The first-order valence-corrected chi connectivity index (χ1v) is 13.7. The number of Topliss-reactive ketones (excluding diaryl/α,β-unsaturated/α-hetero) is 1. The summed E-state index contributed by atoms with van der Waals surface area (Å²) in [5.41, 5.74) is 3.32. The van der Waals surface area contributed by atoms with Gasteiger partial charge in [0.25, 0.3) is 5.91 Å². The lowest BCUT2D eigenvalue weighted by atomic mass is 9.96. The van der Waals surface area contributed by atoms with E-state index in [4.69, 9.17) is 21.7 Å². The number of amides is 1. The summed E-state index contributed by atoms with van der Waals surface area (Å²) in [7, 11) is 0. The minimum absolute atomic E-state index is 0. The number of carbonyl (C=O) groups is 2. The Kier molecular flexibility index (Phi) is 9.90. The number of pyridine rings is 1. The second kappa shape index (κ2) is 13.5. The Bertz CT molecular complexity index is 1330. The maximum absolute atomic E-state index is 13.4. The molecule has 0 unspecified atom stereocenters. The lowest BCUT2D eigenvalue weighted by molar-refractivity contribution is 0.0992. The van der Waals surface area contributed by atoms with Gasteiger partial charge in [-0.05, 0) is 49.1 Å². The number of piperidine rings is 1. The summed E-state index contributed by atoms with van der Waals surface area (Å²) >= 11 is 5.94. The fraction of sp³-hybridized carbons (Fsp3) is 0.355. The molecule has 3 aromatic rings. The molecule has 2 aromatic carbocycles. The Morgan fingerprint density at radius 1 is 0.925 bits per heavy atom. The van der Waals surface area contributed by atoms with Crippen LogP contribution in [0.5, 0.6) is 0 Å². The lowest BCUT2D eigenvalue weighted by Crippen LogP contribution is -2.36. The standard InChI is InChI=1S/C30H32ClN5O3.CH4/c31-24-9-11-28(33-20-24)34-30(38)26-19-25(35-14-16-39-17-15-35)10-8-23(26)18-27(37)21-4-6-22(7-5-21)29(32)36-12-2-1-3-13-36;/h4-11,19-20,32H,1-3,12-18H2,(H,33,34,38);1H4. The molecule has 2 fully saturated rings. The van der Waals surface area contributed by atoms with Crippen LogP contribution < -0.4 is 10.2 Å². The molecule has 3 heterocycles. The maximum Gasteiger partial charge on any atom is 0.257 e. The summed E-state index contributed by atoms with van der Waals surface area (Å²) in [6.45, 7) is 4.52. The molecular weight excluding hydrogens is 526 g/mol. The molecule has 0 atom stereocenters. The molecule has 0 radical (unpaired) electrons. The molecule has 1 amide bonds. The van der Waals surface area contributed by atoms with E-state index in [1.165, 1.54) is 12.6 Å². The van der Waals surface area contributed by atoms with E-state index in [1.807, 2.05) is 30.3 Å². The van der Waals surface area contributed by atoms with Gasteiger partial charge >= 0.3 is 0 Å². The fourth-order valence-electron chi connectivity index (χ4n) is 4.97. The Hall–Kier alpha value is -3.75. The van der Waals surface area contributed by atoms with Crippen LogP contribution in [-0.2, 0) is 11.2 Å². The number of morpholine rings is 1. The zero-order chi connectivity index (χ0) is 27.2. The van der Waals surface area contributed by atoms with Crippen molar-refractivity contribution >= 4 is 40.6 Å². The number of rotatable bonds is 7. The van der Waals surface area contributed by atoms with E-state index >= 15 is 0 Å². The van der Waals surface area contributed by atoms with Crippen LogP contribution in [0.2, 0.25) is 5.02 Å². The summed E-state index contributed by atoms with van der Waals surface area (Å²) in [5, 5.41) is 11.8. The topological polar surface area (TPSA) is 98.6 Å². The van der Waals surface area contributed by atoms with Crippen LogP contribution in [0.25, 0.3) is 0 Å². The molecule has 210 valence electrons. The predicted molar refractivity (Wildman–Crippen MR) is 160 cm³/mol. The normalized spacial score (nSPS) is 15.2. The highest BCUT2D eigenvalue weighted by Gasteiger charge is 2.20. The van der Waals surface area contributed by atoms with Crippen molar-refractivity contribution in [1.82, 2.24) is 9.88 Å². The molecule has 2 aliphatic rings. The molecule has 0 aliphatic carbocycles. The van der Waals surface area contributed by atoms with Gasteiger partial charge in [0.15, 0.2) is 5.78 Å². The van der Waals surface area contributed by atoms with Crippen molar-refractivity contribution in [2.75, 3.05) is 49.6 Å². The quantitative estimate of drug-likeness (QED) is 0.218. The number of nitrogens with one attached hydrogen (secondary N) is 2. The molecule has 0 bridgehead atoms. The van der Waals surface area contributed by atoms with Crippen molar-refractivity contribution in [3.8, 4) is 0 Å². The molecule has 1 aromatic heterocycles. The van der Waals surface area contributed by atoms with Gasteiger partial charge in [0, 0.05) is 61.2 Å². The van der Waals surface area contributed by atoms with Crippen molar-refractivity contribution in [3.63, 3.8) is 0 Å². The Labute approximate surface area is 240 Å². The summed E-state index contributed by atoms with van der Waals surface area (Å²) in [6.07, 6.45) is 4.96. The Morgan fingerprint density at radius 2 is 1.62 bits per heavy atom. The molecule has 2 aliphatic heterocycles. The Morgan fingerprint density at radius 3 is 2.30 bits per heavy atom. The zero-order valence-corrected chi connectivity index (χ0v) is 22.5. The Balaban J connectivity index is 0.00000370. The van der Waals surface area contributed by atoms with Gasteiger partial charge in [0.2, 0.25) is 0 Å². The molecule has 2 saturated heterocycles. The van der Waals surface area contributed by atoms with E-state index in [9.17, 15) is 9.59 Å². The molecular formula is C31H36ClN5O3.